The van der Waals surface area contributed by atoms with Gasteiger partial charge in [-0.15, -0.1) is 0 Å². The molecular formula is C17H21NO4S2. The lowest BCUT2D eigenvalue weighted by atomic mass is 9.99. The van der Waals surface area contributed by atoms with Crippen molar-refractivity contribution in [2.75, 3.05) is 11.0 Å². The topological polar surface area (TPSA) is 80.3 Å². The van der Waals surface area contributed by atoms with Crippen LogP contribution in [0.4, 0.5) is 5.69 Å². The lowest BCUT2D eigenvalue weighted by Gasteiger charge is -2.12. The molecule has 130 valence electrons. The van der Waals surface area contributed by atoms with E-state index in [1.54, 1.807) is 12.1 Å². The third kappa shape index (κ3) is 4.36. The Balaban J connectivity index is 2.22. The van der Waals surface area contributed by atoms with Crippen LogP contribution in [0.25, 0.3) is 0 Å². The van der Waals surface area contributed by atoms with Crippen LogP contribution in [0.3, 0.4) is 0 Å². The first-order valence-electron chi connectivity index (χ1n) is 7.56. The number of sulfonamides is 1. The number of rotatable bonds is 6. The Kier molecular flexibility index (Phi) is 5.35. The number of sulfone groups is 1. The van der Waals surface area contributed by atoms with E-state index in [2.05, 4.69) is 18.6 Å². The molecule has 0 heterocycles. The fourth-order valence-electron chi connectivity index (χ4n) is 2.20. The Hall–Kier alpha value is -1.86. The van der Waals surface area contributed by atoms with Crippen molar-refractivity contribution >= 4 is 25.5 Å². The number of benzene rings is 2. The van der Waals surface area contributed by atoms with E-state index < -0.39 is 19.9 Å². The van der Waals surface area contributed by atoms with Gasteiger partial charge in [0.1, 0.15) is 0 Å². The van der Waals surface area contributed by atoms with Crippen molar-refractivity contribution in [2.24, 2.45) is 0 Å². The summed E-state index contributed by atoms with van der Waals surface area (Å²) in [6.07, 6.45) is 2.09. The molecule has 0 fully saturated rings. The zero-order valence-electron chi connectivity index (χ0n) is 13.9. The molecular weight excluding hydrogens is 346 g/mol. The maximum absolute atomic E-state index is 12.4. The van der Waals surface area contributed by atoms with E-state index in [4.69, 9.17) is 0 Å². The lowest BCUT2D eigenvalue weighted by molar-refractivity contribution is 0.597. The third-order valence-corrected chi connectivity index (χ3v) is 6.43. The van der Waals surface area contributed by atoms with Gasteiger partial charge in [0, 0.05) is 11.9 Å². The van der Waals surface area contributed by atoms with Crippen LogP contribution in [-0.4, -0.2) is 23.1 Å². The highest BCUT2D eigenvalue weighted by Gasteiger charge is 2.16. The summed E-state index contributed by atoms with van der Waals surface area (Å²) in [5.41, 5.74) is 1.62. The van der Waals surface area contributed by atoms with Crippen LogP contribution in [0.1, 0.15) is 31.7 Å². The minimum absolute atomic E-state index is 0.0147. The molecule has 5 nitrogen and oxygen atoms in total. The standard InChI is InChI=1S/C17H21NO4S2/c1-4-13(2)14-5-7-15(8-6-14)18-24(21,22)17-11-9-16(10-12-17)23(3,19)20/h5-13,18H,4H2,1-3H3/t13-/m0/s1. The second kappa shape index (κ2) is 6.94. The van der Waals surface area contributed by atoms with Gasteiger partial charge in [-0.25, -0.2) is 16.8 Å². The Morgan fingerprint density at radius 2 is 1.38 bits per heavy atom. The fourth-order valence-corrected chi connectivity index (χ4v) is 3.88. The van der Waals surface area contributed by atoms with E-state index in [1.165, 1.54) is 24.3 Å². The minimum Gasteiger partial charge on any atom is -0.280 e. The highest BCUT2D eigenvalue weighted by Crippen LogP contribution is 2.22. The van der Waals surface area contributed by atoms with Crippen molar-refractivity contribution in [3.63, 3.8) is 0 Å². The van der Waals surface area contributed by atoms with E-state index in [9.17, 15) is 16.8 Å². The van der Waals surface area contributed by atoms with Gasteiger partial charge in [-0.3, -0.25) is 4.72 Å². The van der Waals surface area contributed by atoms with Gasteiger partial charge in [0.25, 0.3) is 10.0 Å². The predicted octanol–water partition coefficient (Wildman–Crippen LogP) is 3.40. The third-order valence-electron chi connectivity index (χ3n) is 3.91. The fraction of sp³-hybridized carbons (Fsp3) is 0.294. The van der Waals surface area contributed by atoms with Crippen LogP contribution < -0.4 is 4.72 Å². The molecule has 0 saturated heterocycles. The zero-order chi connectivity index (χ0) is 18.0. The minimum atomic E-state index is -3.76. The smallest absolute Gasteiger partial charge is 0.261 e. The molecule has 0 bridgehead atoms. The largest absolute Gasteiger partial charge is 0.280 e. The van der Waals surface area contributed by atoms with Gasteiger partial charge in [0.15, 0.2) is 9.84 Å². The van der Waals surface area contributed by atoms with Crippen LogP contribution in [-0.2, 0) is 19.9 Å². The van der Waals surface area contributed by atoms with E-state index in [-0.39, 0.29) is 9.79 Å². The molecule has 2 aromatic carbocycles. The first kappa shape index (κ1) is 18.5. The first-order valence-corrected chi connectivity index (χ1v) is 10.9. The average Bonchev–Trinajstić information content (AvgIpc) is 2.54. The Morgan fingerprint density at radius 1 is 0.875 bits per heavy atom. The van der Waals surface area contributed by atoms with Crippen molar-refractivity contribution in [1.29, 1.82) is 0 Å². The SMILES string of the molecule is CC[C@H](C)c1ccc(NS(=O)(=O)c2ccc(S(C)(=O)=O)cc2)cc1. The molecule has 0 spiro atoms. The monoisotopic (exact) mass is 367 g/mol. The molecule has 7 heteroatoms. The molecule has 0 amide bonds. The van der Waals surface area contributed by atoms with Gasteiger partial charge in [-0.05, 0) is 54.3 Å². The van der Waals surface area contributed by atoms with Crippen molar-refractivity contribution in [2.45, 2.75) is 36.0 Å². The quantitative estimate of drug-likeness (QED) is 0.848. The summed E-state index contributed by atoms with van der Waals surface area (Å²) in [6.45, 7) is 4.21. The van der Waals surface area contributed by atoms with Gasteiger partial charge in [0.05, 0.1) is 9.79 Å². The molecule has 0 radical (unpaired) electrons. The molecule has 0 unspecified atom stereocenters. The summed E-state index contributed by atoms with van der Waals surface area (Å²) in [7, 11) is -7.11. The summed E-state index contributed by atoms with van der Waals surface area (Å²) < 4.78 is 50.1. The Bertz CT molecular complexity index is 900. The normalized spacial score (nSPS) is 13.5. The summed E-state index contributed by atoms with van der Waals surface area (Å²) >= 11 is 0. The molecule has 0 saturated carbocycles. The van der Waals surface area contributed by atoms with Gasteiger partial charge in [0.2, 0.25) is 0 Å². The van der Waals surface area contributed by atoms with Crippen molar-refractivity contribution in [3.8, 4) is 0 Å². The van der Waals surface area contributed by atoms with E-state index in [1.807, 2.05) is 12.1 Å². The highest BCUT2D eigenvalue weighted by atomic mass is 32.2. The maximum atomic E-state index is 12.4. The Morgan fingerprint density at radius 3 is 1.83 bits per heavy atom. The molecule has 24 heavy (non-hydrogen) atoms. The summed E-state index contributed by atoms with van der Waals surface area (Å²) in [4.78, 5) is 0.0975. The van der Waals surface area contributed by atoms with Crippen molar-refractivity contribution in [1.82, 2.24) is 0 Å². The number of hydrogen-bond donors (Lipinski definition) is 1. The summed E-state index contributed by atoms with van der Waals surface area (Å²) in [5, 5.41) is 0. The van der Waals surface area contributed by atoms with Crippen molar-refractivity contribution in [3.05, 3.63) is 54.1 Å². The molecule has 0 aliphatic heterocycles. The van der Waals surface area contributed by atoms with Crippen molar-refractivity contribution < 1.29 is 16.8 Å². The molecule has 1 atom stereocenters. The van der Waals surface area contributed by atoms with E-state index in [0.717, 1.165) is 18.2 Å². The van der Waals surface area contributed by atoms with E-state index in [0.29, 0.717) is 11.6 Å². The predicted molar refractivity (Wildman–Crippen MR) is 95.5 cm³/mol. The summed E-state index contributed by atoms with van der Waals surface area (Å²) in [6, 6.07) is 12.4. The molecule has 0 aromatic heterocycles. The van der Waals surface area contributed by atoms with Gasteiger partial charge < -0.3 is 0 Å². The molecule has 2 rings (SSSR count). The second-order valence-corrected chi connectivity index (χ2v) is 9.48. The van der Waals surface area contributed by atoms with Crippen LogP contribution >= 0.6 is 0 Å². The van der Waals surface area contributed by atoms with E-state index >= 15 is 0 Å². The molecule has 0 aliphatic carbocycles. The van der Waals surface area contributed by atoms with Crippen LogP contribution in [0.5, 0.6) is 0 Å². The zero-order valence-corrected chi connectivity index (χ0v) is 15.5. The first-order chi connectivity index (χ1) is 11.1. The lowest BCUT2D eigenvalue weighted by Crippen LogP contribution is -2.13. The second-order valence-electron chi connectivity index (χ2n) is 5.78. The van der Waals surface area contributed by atoms with Crippen LogP contribution in [0.15, 0.2) is 58.3 Å². The number of nitrogens with one attached hydrogen (secondary N) is 1. The average molecular weight is 367 g/mol. The maximum Gasteiger partial charge on any atom is 0.261 e. The number of hydrogen-bond acceptors (Lipinski definition) is 4. The number of anilines is 1. The van der Waals surface area contributed by atoms with Gasteiger partial charge in [-0.1, -0.05) is 26.0 Å². The summed E-state index contributed by atoms with van der Waals surface area (Å²) in [5.74, 6) is 0.416. The van der Waals surface area contributed by atoms with Crippen LogP contribution in [0, 0.1) is 0 Å². The highest BCUT2D eigenvalue weighted by molar-refractivity contribution is 7.92. The van der Waals surface area contributed by atoms with Crippen LogP contribution in [0.2, 0.25) is 0 Å². The Labute approximate surface area is 143 Å². The van der Waals surface area contributed by atoms with Gasteiger partial charge in [-0.2, -0.15) is 0 Å². The molecule has 0 aliphatic rings. The molecule has 2 aromatic rings. The van der Waals surface area contributed by atoms with Gasteiger partial charge >= 0.3 is 0 Å². The molecule has 1 N–H and O–H groups in total.